The zero-order valence-corrected chi connectivity index (χ0v) is 25.5. The van der Waals surface area contributed by atoms with Crippen LogP contribution < -0.4 is 49.1 Å². The highest BCUT2D eigenvalue weighted by Gasteiger charge is 2.37. The molecule has 3 saturated heterocycles. The Hall–Kier alpha value is -5.22. The zero-order chi connectivity index (χ0) is 33.8. The van der Waals surface area contributed by atoms with Gasteiger partial charge in [-0.05, 0) is 44.6 Å². The molecule has 3 aliphatic heterocycles. The second-order valence-corrected chi connectivity index (χ2v) is 11.3. The van der Waals surface area contributed by atoms with Gasteiger partial charge in [0.25, 0.3) is 0 Å². The van der Waals surface area contributed by atoms with Crippen molar-refractivity contribution in [3.05, 3.63) is 35.9 Å². The van der Waals surface area contributed by atoms with Crippen LogP contribution in [0.4, 0.5) is 0 Å². The Morgan fingerprint density at radius 3 is 1.83 bits per heavy atom. The number of amides is 7. The van der Waals surface area contributed by atoms with Crippen LogP contribution in [0, 0.1) is 0 Å². The van der Waals surface area contributed by atoms with Gasteiger partial charge < -0.3 is 49.1 Å². The number of carbonyl (C=O) groups is 7. The van der Waals surface area contributed by atoms with Gasteiger partial charge in [0, 0.05) is 19.4 Å². The number of hydrogen-bond donors (Lipinski definition) is 9. The zero-order valence-electron chi connectivity index (χ0n) is 25.5. The summed E-state index contributed by atoms with van der Waals surface area (Å²) in [5.41, 5.74) is 16.8. The van der Waals surface area contributed by atoms with Gasteiger partial charge in [-0.1, -0.05) is 30.3 Å². The second kappa shape index (κ2) is 16.7. The summed E-state index contributed by atoms with van der Waals surface area (Å²) in [4.78, 5) is 94.9. The molecular formula is C29H42N10O7. The summed E-state index contributed by atoms with van der Waals surface area (Å²) in [6.45, 7) is 1.55. The Morgan fingerprint density at radius 1 is 0.696 bits per heavy atom. The Labute approximate surface area is 265 Å². The first-order chi connectivity index (χ1) is 21.8. The normalized spacial score (nSPS) is 26.2. The molecule has 1 aromatic carbocycles. The number of primary amides is 1. The van der Waals surface area contributed by atoms with Crippen LogP contribution in [0.25, 0.3) is 0 Å². The Bertz CT molecular complexity index is 1330. The topological polar surface area (TPSA) is 282 Å². The highest BCUT2D eigenvalue weighted by molar-refractivity contribution is 5.98. The summed E-state index contributed by atoms with van der Waals surface area (Å²) >= 11 is 0. The van der Waals surface area contributed by atoms with Crippen LogP contribution in [0.1, 0.15) is 51.0 Å². The maximum absolute atomic E-state index is 13.4. The van der Waals surface area contributed by atoms with E-state index >= 15 is 0 Å². The first kappa shape index (κ1) is 35.3. The number of rotatable bonds is 9. The summed E-state index contributed by atoms with van der Waals surface area (Å²) in [7, 11) is 0. The van der Waals surface area contributed by atoms with Crippen LogP contribution in [-0.2, 0) is 40.0 Å². The van der Waals surface area contributed by atoms with Gasteiger partial charge in [-0.2, -0.15) is 0 Å². The Balaban J connectivity index is 1.92. The summed E-state index contributed by atoms with van der Waals surface area (Å²) in [5.74, 6) is -5.02. The molecule has 3 fully saturated rings. The standard InChI is InChI=1S/C29H42N10O7/c1-15-23(41)35-17(8-5-13-33-29(31)32)24(42)38-20(11-12-22(30)40)26(44)36-18-9-10-19(37-25(18)43)27(45)39-21(28(46)34-15)14-16-6-3-2-4-7-16/h2-4,6-7,15,17-21H,5,8-14H2,1H3,(H2,30,40)(H,34,46)(H,35,41)(H,36,44)(H,37,43)(H,38,42)(H,39,45)(H4,31,32,33)/t15-,17-,18?,19?,20-,21-/m0/s1. The molecule has 4 rings (SSSR count). The van der Waals surface area contributed by atoms with Crippen molar-refractivity contribution >= 4 is 47.3 Å². The van der Waals surface area contributed by atoms with Crippen molar-refractivity contribution < 1.29 is 33.6 Å². The fourth-order valence-corrected chi connectivity index (χ4v) is 5.02. The number of guanidine groups is 1. The van der Waals surface area contributed by atoms with Gasteiger partial charge in [-0.3, -0.25) is 38.6 Å². The van der Waals surface area contributed by atoms with Gasteiger partial charge in [0.15, 0.2) is 5.96 Å². The van der Waals surface area contributed by atoms with Crippen molar-refractivity contribution in [3.8, 4) is 0 Å². The van der Waals surface area contributed by atoms with E-state index in [0.29, 0.717) is 0 Å². The van der Waals surface area contributed by atoms with Crippen molar-refractivity contribution in [2.45, 2.75) is 88.1 Å². The molecule has 7 amide bonds. The minimum Gasteiger partial charge on any atom is -0.370 e. The molecular weight excluding hydrogens is 600 g/mol. The molecule has 46 heavy (non-hydrogen) atoms. The third kappa shape index (κ3) is 10.7. The number of carbonyl (C=O) groups excluding carboxylic acids is 7. The third-order valence-electron chi connectivity index (χ3n) is 7.57. The smallest absolute Gasteiger partial charge is 0.243 e. The van der Waals surface area contributed by atoms with Crippen molar-refractivity contribution in [1.29, 1.82) is 0 Å². The summed E-state index contributed by atoms with van der Waals surface area (Å²) < 4.78 is 0. The van der Waals surface area contributed by atoms with E-state index in [4.69, 9.17) is 17.2 Å². The van der Waals surface area contributed by atoms with E-state index in [-0.39, 0.29) is 57.5 Å². The molecule has 17 nitrogen and oxygen atoms in total. The van der Waals surface area contributed by atoms with Crippen LogP contribution in [0.5, 0.6) is 0 Å². The molecule has 2 unspecified atom stereocenters. The molecule has 0 aromatic heterocycles. The fourth-order valence-electron chi connectivity index (χ4n) is 5.02. The van der Waals surface area contributed by atoms with Crippen molar-refractivity contribution in [1.82, 2.24) is 31.9 Å². The van der Waals surface area contributed by atoms with Crippen LogP contribution in [0.3, 0.4) is 0 Å². The molecule has 250 valence electrons. The van der Waals surface area contributed by atoms with E-state index in [9.17, 15) is 33.6 Å². The van der Waals surface area contributed by atoms with E-state index in [0.717, 1.165) is 5.56 Å². The minimum absolute atomic E-state index is 0.0400. The van der Waals surface area contributed by atoms with Crippen LogP contribution >= 0.6 is 0 Å². The first-order valence-electron chi connectivity index (χ1n) is 15.0. The summed E-state index contributed by atoms with van der Waals surface area (Å²) in [5, 5.41) is 15.5. The van der Waals surface area contributed by atoms with Crippen LogP contribution in [-0.4, -0.2) is 90.1 Å². The molecule has 12 N–H and O–H groups in total. The fraction of sp³-hybridized carbons (Fsp3) is 0.517. The Morgan fingerprint density at radius 2 is 1.22 bits per heavy atom. The van der Waals surface area contributed by atoms with Crippen molar-refractivity contribution in [2.75, 3.05) is 6.54 Å². The van der Waals surface area contributed by atoms with Gasteiger partial charge in [0.1, 0.15) is 36.3 Å². The number of nitrogens with zero attached hydrogens (tertiary/aromatic N) is 1. The van der Waals surface area contributed by atoms with Gasteiger partial charge in [0.05, 0.1) is 0 Å². The average Bonchev–Trinajstić information content (AvgIpc) is 3.00. The first-order valence-corrected chi connectivity index (χ1v) is 15.0. The number of nitrogens with two attached hydrogens (primary N) is 3. The SMILES string of the molecule is C[C@@H]1NC(=O)[C@H](Cc2ccccc2)NC(=O)C2CCC(NC(=O)[C@H](CCC(N)=O)NC(=O)[C@H](CCCN=C(N)N)NC1=O)C(=O)N2. The van der Waals surface area contributed by atoms with E-state index < -0.39 is 77.6 Å². The average molecular weight is 643 g/mol. The molecule has 0 spiro atoms. The second-order valence-electron chi connectivity index (χ2n) is 11.3. The number of fused-ring (bicyclic) bond motifs is 15. The molecule has 3 heterocycles. The van der Waals surface area contributed by atoms with Crippen molar-refractivity contribution in [2.24, 2.45) is 22.2 Å². The lowest BCUT2D eigenvalue weighted by Gasteiger charge is -2.32. The minimum atomic E-state index is -1.29. The maximum Gasteiger partial charge on any atom is 0.243 e. The molecule has 6 atom stereocenters. The largest absolute Gasteiger partial charge is 0.370 e. The molecule has 17 heteroatoms. The van der Waals surface area contributed by atoms with Gasteiger partial charge in [-0.15, -0.1) is 0 Å². The van der Waals surface area contributed by atoms with Crippen LogP contribution in [0.15, 0.2) is 35.3 Å². The molecule has 0 aliphatic carbocycles. The number of piperidine rings is 1. The van der Waals surface area contributed by atoms with Gasteiger partial charge in [0.2, 0.25) is 41.4 Å². The van der Waals surface area contributed by atoms with E-state index in [2.05, 4.69) is 36.9 Å². The molecule has 1 aromatic rings. The molecule has 2 bridgehead atoms. The lowest BCUT2D eigenvalue weighted by Crippen LogP contribution is -2.63. The maximum atomic E-state index is 13.4. The number of nitrogens with one attached hydrogen (secondary N) is 6. The quantitative estimate of drug-likeness (QED) is 0.0553. The third-order valence-corrected chi connectivity index (χ3v) is 7.57. The highest BCUT2D eigenvalue weighted by Crippen LogP contribution is 2.13. The number of aliphatic imine (C=N–C) groups is 1. The van der Waals surface area contributed by atoms with Crippen molar-refractivity contribution in [3.63, 3.8) is 0 Å². The van der Waals surface area contributed by atoms with Crippen LogP contribution in [0.2, 0.25) is 0 Å². The highest BCUT2D eigenvalue weighted by atomic mass is 16.2. The van der Waals surface area contributed by atoms with Gasteiger partial charge in [-0.25, -0.2) is 0 Å². The monoisotopic (exact) mass is 642 g/mol. The molecule has 0 radical (unpaired) electrons. The lowest BCUT2D eigenvalue weighted by molar-refractivity contribution is -0.138. The van der Waals surface area contributed by atoms with E-state index in [1.54, 1.807) is 30.3 Å². The number of benzene rings is 1. The molecule has 0 saturated carbocycles. The predicted octanol–water partition coefficient (Wildman–Crippen LogP) is -3.72. The predicted molar refractivity (Wildman–Crippen MR) is 165 cm³/mol. The lowest BCUT2D eigenvalue weighted by atomic mass is 9.97. The summed E-state index contributed by atoms with van der Waals surface area (Å²) in [6, 6.07) is 2.12. The van der Waals surface area contributed by atoms with E-state index in [1.165, 1.54) is 6.92 Å². The van der Waals surface area contributed by atoms with Gasteiger partial charge >= 0.3 is 0 Å². The molecule has 3 aliphatic rings. The van der Waals surface area contributed by atoms with E-state index in [1.807, 2.05) is 0 Å². The Kier molecular flexibility index (Phi) is 12.8. The summed E-state index contributed by atoms with van der Waals surface area (Å²) in [6.07, 6.45) is 0.165. The number of hydrogen-bond acceptors (Lipinski definition) is 8.